The van der Waals surface area contributed by atoms with Crippen LogP contribution >= 0.6 is 0 Å². The number of amides is 1. The highest BCUT2D eigenvalue weighted by Crippen LogP contribution is 2.40. The highest BCUT2D eigenvalue weighted by atomic mass is 19.1. The van der Waals surface area contributed by atoms with E-state index in [2.05, 4.69) is 10.3 Å². The summed E-state index contributed by atoms with van der Waals surface area (Å²) in [4.78, 5) is 28.9. The molecule has 1 aromatic heterocycles. The maximum absolute atomic E-state index is 13.8. The van der Waals surface area contributed by atoms with Gasteiger partial charge in [0.05, 0.1) is 23.0 Å². The molecule has 2 fully saturated rings. The number of fused-ring (bicyclic) bond motifs is 1. The van der Waals surface area contributed by atoms with Gasteiger partial charge >= 0.3 is 5.97 Å². The van der Waals surface area contributed by atoms with Crippen molar-refractivity contribution < 1.29 is 19.1 Å². The smallest absolute Gasteiger partial charge is 0.305 e. The molecule has 26 heavy (non-hydrogen) atoms. The Kier molecular flexibility index (Phi) is 4.13. The zero-order chi connectivity index (χ0) is 18.3. The van der Waals surface area contributed by atoms with Gasteiger partial charge in [-0.2, -0.15) is 0 Å². The lowest BCUT2D eigenvalue weighted by Crippen LogP contribution is -2.47. The minimum atomic E-state index is -0.920. The van der Waals surface area contributed by atoms with Crippen molar-refractivity contribution in [2.75, 3.05) is 0 Å². The van der Waals surface area contributed by atoms with Crippen molar-refractivity contribution in [3.63, 3.8) is 0 Å². The summed E-state index contributed by atoms with van der Waals surface area (Å²) < 4.78 is 13.8. The Morgan fingerprint density at radius 2 is 1.96 bits per heavy atom. The first-order valence-electron chi connectivity index (χ1n) is 9.10. The Labute approximate surface area is 150 Å². The number of carbonyl (C=O) groups excluding carboxylic acids is 1. The van der Waals surface area contributed by atoms with Crippen molar-refractivity contribution in [3.05, 3.63) is 41.3 Å². The Morgan fingerprint density at radius 3 is 2.62 bits per heavy atom. The summed E-state index contributed by atoms with van der Waals surface area (Å²) in [6.45, 7) is 0. The summed E-state index contributed by atoms with van der Waals surface area (Å²) in [7, 11) is 0. The summed E-state index contributed by atoms with van der Waals surface area (Å²) in [6, 6.07) is 6.01. The number of carbonyl (C=O) groups is 2. The van der Waals surface area contributed by atoms with E-state index in [1.165, 1.54) is 12.1 Å². The van der Waals surface area contributed by atoms with Crippen molar-refractivity contribution >= 4 is 22.8 Å². The molecule has 5 nitrogen and oxygen atoms in total. The molecule has 2 aromatic rings. The summed E-state index contributed by atoms with van der Waals surface area (Å²) in [5.41, 5.74) is 1.12. The van der Waals surface area contributed by atoms with Crippen LogP contribution in [0.1, 0.15) is 66.9 Å². The van der Waals surface area contributed by atoms with Gasteiger partial charge in [-0.05, 0) is 49.9 Å². The molecule has 0 bridgehead atoms. The second kappa shape index (κ2) is 6.34. The Hall–Kier alpha value is -2.50. The van der Waals surface area contributed by atoms with Crippen LogP contribution in [0.5, 0.6) is 0 Å². The van der Waals surface area contributed by atoms with Gasteiger partial charge in [0.15, 0.2) is 0 Å². The molecule has 1 aromatic carbocycles. The Bertz CT molecular complexity index is 886. The average molecular weight is 356 g/mol. The molecule has 136 valence electrons. The van der Waals surface area contributed by atoms with Crippen molar-refractivity contribution in [3.8, 4) is 0 Å². The molecule has 2 aliphatic carbocycles. The van der Waals surface area contributed by atoms with Crippen LogP contribution in [0.15, 0.2) is 24.3 Å². The summed E-state index contributed by atoms with van der Waals surface area (Å²) in [5.74, 6) is -1.33. The van der Waals surface area contributed by atoms with Crippen LogP contribution in [0.2, 0.25) is 0 Å². The minimum absolute atomic E-state index is 0.0917. The molecule has 6 heteroatoms. The molecule has 0 aliphatic heterocycles. The third-order valence-electron chi connectivity index (χ3n) is 5.46. The molecule has 2 aliphatic rings. The maximum Gasteiger partial charge on any atom is 0.305 e. The van der Waals surface area contributed by atoms with Crippen molar-refractivity contribution in [1.82, 2.24) is 10.3 Å². The Morgan fingerprint density at radius 1 is 1.23 bits per heavy atom. The number of hydrogen-bond acceptors (Lipinski definition) is 3. The van der Waals surface area contributed by atoms with Gasteiger partial charge in [-0.15, -0.1) is 0 Å². The number of pyridine rings is 1. The largest absolute Gasteiger partial charge is 0.481 e. The standard InChI is InChI=1S/C20H21FN2O3/c21-13-5-6-16-14(9-13)15(10-17(22-16)12-3-4-12)19(26)23-20(11-18(24)25)7-1-2-8-20/h5-6,9-10,12H,1-4,7-8,11H2,(H,23,26)(H,24,25). The van der Waals surface area contributed by atoms with E-state index in [-0.39, 0.29) is 12.3 Å². The van der Waals surface area contributed by atoms with Gasteiger partial charge in [0.2, 0.25) is 0 Å². The van der Waals surface area contributed by atoms with E-state index < -0.39 is 17.3 Å². The molecule has 0 spiro atoms. The topological polar surface area (TPSA) is 79.3 Å². The van der Waals surface area contributed by atoms with Crippen LogP contribution in [0.4, 0.5) is 4.39 Å². The quantitative estimate of drug-likeness (QED) is 0.855. The molecule has 1 heterocycles. The normalized spacial score (nSPS) is 18.8. The first-order valence-corrected chi connectivity index (χ1v) is 9.10. The van der Waals surface area contributed by atoms with Crippen LogP contribution in [-0.2, 0) is 4.79 Å². The molecule has 0 atom stereocenters. The van der Waals surface area contributed by atoms with E-state index >= 15 is 0 Å². The number of hydrogen-bond donors (Lipinski definition) is 2. The van der Waals surface area contributed by atoms with E-state index in [4.69, 9.17) is 0 Å². The minimum Gasteiger partial charge on any atom is -0.481 e. The number of aromatic nitrogens is 1. The average Bonchev–Trinajstić information content (AvgIpc) is 3.34. The predicted octanol–water partition coefficient (Wildman–Crippen LogP) is 3.77. The molecular weight excluding hydrogens is 335 g/mol. The van der Waals surface area contributed by atoms with Gasteiger partial charge in [0.25, 0.3) is 5.91 Å². The third-order valence-corrected chi connectivity index (χ3v) is 5.46. The third kappa shape index (κ3) is 3.28. The molecule has 4 rings (SSSR count). The first kappa shape index (κ1) is 16.9. The van der Waals surface area contributed by atoms with Gasteiger partial charge in [0.1, 0.15) is 5.82 Å². The fourth-order valence-corrected chi connectivity index (χ4v) is 3.99. The van der Waals surface area contributed by atoms with E-state index in [0.29, 0.717) is 35.2 Å². The van der Waals surface area contributed by atoms with Gasteiger partial charge in [-0.25, -0.2) is 4.39 Å². The summed E-state index contributed by atoms with van der Waals surface area (Å²) >= 11 is 0. The number of halogens is 1. The second-order valence-electron chi connectivity index (χ2n) is 7.54. The van der Waals surface area contributed by atoms with Crippen LogP contribution in [0.3, 0.4) is 0 Å². The zero-order valence-corrected chi connectivity index (χ0v) is 14.4. The number of carboxylic acids is 1. The van der Waals surface area contributed by atoms with Crippen molar-refractivity contribution in [1.29, 1.82) is 0 Å². The first-order chi connectivity index (χ1) is 12.5. The van der Waals surface area contributed by atoms with Crippen molar-refractivity contribution in [2.45, 2.75) is 56.4 Å². The predicted molar refractivity (Wildman–Crippen MR) is 94.6 cm³/mol. The van der Waals surface area contributed by atoms with Gasteiger partial charge in [-0.3, -0.25) is 14.6 Å². The Balaban J connectivity index is 1.73. The number of aliphatic carboxylic acids is 1. The summed E-state index contributed by atoms with van der Waals surface area (Å²) in [6.07, 6.45) is 5.09. The molecule has 2 N–H and O–H groups in total. The lowest BCUT2D eigenvalue weighted by atomic mass is 9.92. The maximum atomic E-state index is 13.8. The van der Waals surface area contributed by atoms with E-state index in [9.17, 15) is 19.1 Å². The van der Waals surface area contributed by atoms with Gasteiger partial charge in [-0.1, -0.05) is 12.8 Å². The number of carboxylic acid groups (broad SMARTS) is 1. The molecule has 2 saturated carbocycles. The number of nitrogens with zero attached hydrogens (tertiary/aromatic N) is 1. The summed E-state index contributed by atoms with van der Waals surface area (Å²) in [5, 5.41) is 12.7. The second-order valence-corrected chi connectivity index (χ2v) is 7.54. The number of nitrogens with one attached hydrogen (secondary N) is 1. The molecule has 0 saturated heterocycles. The lowest BCUT2D eigenvalue weighted by molar-refractivity contribution is -0.138. The fraction of sp³-hybridized carbons (Fsp3) is 0.450. The monoisotopic (exact) mass is 356 g/mol. The fourth-order valence-electron chi connectivity index (χ4n) is 3.99. The lowest BCUT2D eigenvalue weighted by Gasteiger charge is -2.29. The zero-order valence-electron chi connectivity index (χ0n) is 14.4. The number of benzene rings is 1. The van der Waals surface area contributed by atoms with E-state index in [1.54, 1.807) is 12.1 Å². The highest BCUT2D eigenvalue weighted by Gasteiger charge is 2.38. The molecule has 1 amide bonds. The van der Waals surface area contributed by atoms with Crippen LogP contribution in [0.25, 0.3) is 10.9 Å². The molecule has 0 radical (unpaired) electrons. The van der Waals surface area contributed by atoms with Crippen molar-refractivity contribution in [2.24, 2.45) is 0 Å². The van der Waals surface area contributed by atoms with E-state index in [0.717, 1.165) is 31.4 Å². The van der Waals surface area contributed by atoms with Crippen LogP contribution in [0, 0.1) is 5.82 Å². The molecule has 0 unspecified atom stereocenters. The van der Waals surface area contributed by atoms with Crippen LogP contribution < -0.4 is 5.32 Å². The SMILES string of the molecule is O=C(O)CC1(NC(=O)c2cc(C3CC3)nc3ccc(F)cc23)CCCC1. The van der Waals surface area contributed by atoms with Crippen LogP contribution in [-0.4, -0.2) is 27.5 Å². The molecular formula is C20H21FN2O3. The number of rotatable bonds is 5. The van der Waals surface area contributed by atoms with E-state index in [1.807, 2.05) is 0 Å². The van der Waals surface area contributed by atoms with Gasteiger partial charge in [0, 0.05) is 17.0 Å². The van der Waals surface area contributed by atoms with Gasteiger partial charge < -0.3 is 10.4 Å². The highest BCUT2D eigenvalue weighted by molar-refractivity contribution is 6.06.